The van der Waals surface area contributed by atoms with Crippen LogP contribution < -0.4 is 5.32 Å². The Labute approximate surface area is 102 Å². The number of nitrogens with one attached hydrogen (secondary N) is 1. The number of amides is 2. The number of rotatable bonds is 4. The summed E-state index contributed by atoms with van der Waals surface area (Å²) in [5.74, 6) is 0.119. The van der Waals surface area contributed by atoms with Gasteiger partial charge in [-0.25, -0.2) is 4.79 Å². The van der Waals surface area contributed by atoms with Gasteiger partial charge in [-0.2, -0.15) is 0 Å². The molecule has 2 amide bonds. The topological polar surface area (TPSA) is 58.6 Å². The summed E-state index contributed by atoms with van der Waals surface area (Å²) in [5, 5.41) is 2.56. The maximum Gasteiger partial charge on any atom is 0.407 e. The summed E-state index contributed by atoms with van der Waals surface area (Å²) in [5.41, 5.74) is 0. The standard InChI is InChI=1S/C12H22N2O3/c1-3-17-12(16)13-8-7-11(15)14-9-5-4-6-10(14)2/h10H,3-9H2,1-2H3,(H,13,16)/t10-/m0/s1. The fraction of sp³-hybridized carbons (Fsp3) is 0.833. The number of likely N-dealkylation sites (tertiary alicyclic amines) is 1. The summed E-state index contributed by atoms with van der Waals surface area (Å²) in [7, 11) is 0. The highest BCUT2D eigenvalue weighted by molar-refractivity contribution is 5.77. The fourth-order valence-electron chi connectivity index (χ4n) is 2.07. The lowest BCUT2D eigenvalue weighted by Gasteiger charge is -2.33. The number of piperidine rings is 1. The van der Waals surface area contributed by atoms with Crippen molar-refractivity contribution in [3.8, 4) is 0 Å². The van der Waals surface area contributed by atoms with Gasteiger partial charge in [0, 0.05) is 25.6 Å². The summed E-state index contributed by atoms with van der Waals surface area (Å²) in [4.78, 5) is 24.8. The average molecular weight is 242 g/mol. The van der Waals surface area contributed by atoms with Crippen LogP contribution in [-0.4, -0.2) is 42.6 Å². The molecule has 1 rings (SSSR count). The highest BCUT2D eigenvalue weighted by Crippen LogP contribution is 2.16. The molecule has 1 fully saturated rings. The molecule has 0 saturated carbocycles. The van der Waals surface area contributed by atoms with Gasteiger partial charge in [0.25, 0.3) is 0 Å². The molecule has 17 heavy (non-hydrogen) atoms. The van der Waals surface area contributed by atoms with E-state index >= 15 is 0 Å². The second-order valence-corrected chi connectivity index (χ2v) is 4.33. The van der Waals surface area contributed by atoms with Crippen molar-refractivity contribution >= 4 is 12.0 Å². The third-order valence-corrected chi connectivity index (χ3v) is 3.01. The van der Waals surface area contributed by atoms with E-state index in [2.05, 4.69) is 12.2 Å². The molecule has 0 aromatic carbocycles. The van der Waals surface area contributed by atoms with Gasteiger partial charge in [-0.15, -0.1) is 0 Å². The van der Waals surface area contributed by atoms with E-state index in [0.29, 0.717) is 25.6 Å². The summed E-state index contributed by atoms with van der Waals surface area (Å²) in [6, 6.07) is 0.332. The molecule has 0 aliphatic carbocycles. The van der Waals surface area contributed by atoms with Crippen molar-refractivity contribution in [2.24, 2.45) is 0 Å². The van der Waals surface area contributed by atoms with Crippen LogP contribution in [0.1, 0.15) is 39.5 Å². The second kappa shape index (κ2) is 7.14. The van der Waals surface area contributed by atoms with E-state index in [0.717, 1.165) is 19.4 Å². The first-order valence-electron chi connectivity index (χ1n) is 6.35. The molecular formula is C12H22N2O3. The van der Waals surface area contributed by atoms with E-state index in [-0.39, 0.29) is 5.91 Å². The van der Waals surface area contributed by atoms with E-state index in [1.54, 1.807) is 6.92 Å². The first-order valence-corrected chi connectivity index (χ1v) is 6.35. The van der Waals surface area contributed by atoms with Crippen molar-refractivity contribution in [2.45, 2.75) is 45.6 Å². The van der Waals surface area contributed by atoms with Crippen molar-refractivity contribution in [3.05, 3.63) is 0 Å². The van der Waals surface area contributed by atoms with Gasteiger partial charge in [0.1, 0.15) is 0 Å². The molecule has 1 saturated heterocycles. The van der Waals surface area contributed by atoms with Gasteiger partial charge in [-0.05, 0) is 33.1 Å². The molecule has 0 aromatic heterocycles. The monoisotopic (exact) mass is 242 g/mol. The van der Waals surface area contributed by atoms with Crippen molar-refractivity contribution < 1.29 is 14.3 Å². The van der Waals surface area contributed by atoms with Gasteiger partial charge in [-0.3, -0.25) is 4.79 Å². The first kappa shape index (κ1) is 13.8. The normalized spacial score (nSPS) is 19.9. The number of ether oxygens (including phenoxy) is 1. The summed E-state index contributed by atoms with van der Waals surface area (Å²) >= 11 is 0. The van der Waals surface area contributed by atoms with Crippen LogP contribution in [0.3, 0.4) is 0 Å². The Hall–Kier alpha value is -1.26. The second-order valence-electron chi connectivity index (χ2n) is 4.33. The number of alkyl carbamates (subject to hydrolysis) is 1. The van der Waals surface area contributed by atoms with Gasteiger partial charge in [0.15, 0.2) is 0 Å². The minimum atomic E-state index is -0.452. The number of nitrogens with zero attached hydrogens (tertiary/aromatic N) is 1. The molecule has 1 aliphatic rings. The van der Waals surface area contributed by atoms with Gasteiger partial charge < -0.3 is 15.0 Å². The third kappa shape index (κ3) is 4.63. The highest BCUT2D eigenvalue weighted by Gasteiger charge is 2.22. The SMILES string of the molecule is CCOC(=O)NCCC(=O)N1CCCC[C@@H]1C. The van der Waals surface area contributed by atoms with Crippen LogP contribution >= 0.6 is 0 Å². The smallest absolute Gasteiger partial charge is 0.407 e. The molecule has 5 heteroatoms. The van der Waals surface area contributed by atoms with E-state index in [1.165, 1.54) is 6.42 Å². The molecule has 98 valence electrons. The molecule has 0 radical (unpaired) electrons. The van der Waals surface area contributed by atoms with Crippen LogP contribution in [0.15, 0.2) is 0 Å². The predicted molar refractivity (Wildman–Crippen MR) is 64.7 cm³/mol. The zero-order valence-corrected chi connectivity index (χ0v) is 10.7. The van der Waals surface area contributed by atoms with Crippen molar-refractivity contribution in [1.29, 1.82) is 0 Å². The molecule has 0 unspecified atom stereocenters. The Bertz CT molecular complexity index is 268. The molecule has 0 aromatic rings. The quantitative estimate of drug-likeness (QED) is 0.813. The lowest BCUT2D eigenvalue weighted by molar-refractivity contribution is -0.134. The average Bonchev–Trinajstić information content (AvgIpc) is 2.29. The van der Waals surface area contributed by atoms with Gasteiger partial charge in [0.2, 0.25) is 5.91 Å². The van der Waals surface area contributed by atoms with E-state index < -0.39 is 6.09 Å². The largest absolute Gasteiger partial charge is 0.450 e. The zero-order valence-electron chi connectivity index (χ0n) is 10.7. The van der Waals surface area contributed by atoms with Crippen LogP contribution in [0.25, 0.3) is 0 Å². The highest BCUT2D eigenvalue weighted by atomic mass is 16.5. The first-order chi connectivity index (χ1) is 8.15. The van der Waals surface area contributed by atoms with Crippen molar-refractivity contribution in [2.75, 3.05) is 19.7 Å². The Balaban J connectivity index is 2.22. The van der Waals surface area contributed by atoms with E-state index in [1.807, 2.05) is 4.90 Å². The maximum absolute atomic E-state index is 11.9. The zero-order chi connectivity index (χ0) is 12.7. The number of carbonyl (C=O) groups is 2. The molecule has 1 heterocycles. The molecule has 1 N–H and O–H groups in total. The number of carbonyl (C=O) groups excluding carboxylic acids is 2. The minimum absolute atomic E-state index is 0.119. The molecule has 1 atom stereocenters. The van der Waals surface area contributed by atoms with Crippen LogP contribution in [-0.2, 0) is 9.53 Å². The Morgan fingerprint density at radius 2 is 2.18 bits per heavy atom. The van der Waals surface area contributed by atoms with Crippen LogP contribution in [0.5, 0.6) is 0 Å². The summed E-state index contributed by atoms with van der Waals surface area (Å²) in [6.07, 6.45) is 3.26. The van der Waals surface area contributed by atoms with Crippen molar-refractivity contribution in [1.82, 2.24) is 10.2 Å². The lowest BCUT2D eigenvalue weighted by Crippen LogP contribution is -2.43. The van der Waals surface area contributed by atoms with Crippen LogP contribution in [0.2, 0.25) is 0 Å². The van der Waals surface area contributed by atoms with Gasteiger partial charge in [-0.1, -0.05) is 0 Å². The number of hydrogen-bond donors (Lipinski definition) is 1. The number of hydrogen-bond acceptors (Lipinski definition) is 3. The molecule has 1 aliphatic heterocycles. The molecule has 5 nitrogen and oxygen atoms in total. The van der Waals surface area contributed by atoms with E-state index in [9.17, 15) is 9.59 Å². The summed E-state index contributed by atoms with van der Waals surface area (Å²) in [6.45, 7) is 5.37. The Morgan fingerprint density at radius 3 is 2.82 bits per heavy atom. The minimum Gasteiger partial charge on any atom is -0.450 e. The Kier molecular flexibility index (Phi) is 5.80. The third-order valence-electron chi connectivity index (χ3n) is 3.01. The van der Waals surface area contributed by atoms with Gasteiger partial charge in [0.05, 0.1) is 6.61 Å². The maximum atomic E-state index is 11.9. The fourth-order valence-corrected chi connectivity index (χ4v) is 2.07. The molecule has 0 bridgehead atoms. The van der Waals surface area contributed by atoms with Crippen LogP contribution in [0.4, 0.5) is 4.79 Å². The van der Waals surface area contributed by atoms with Crippen molar-refractivity contribution in [3.63, 3.8) is 0 Å². The predicted octanol–water partition coefficient (Wildman–Crippen LogP) is 1.52. The molecule has 0 spiro atoms. The van der Waals surface area contributed by atoms with Gasteiger partial charge >= 0.3 is 6.09 Å². The summed E-state index contributed by atoms with van der Waals surface area (Å²) < 4.78 is 4.72. The van der Waals surface area contributed by atoms with E-state index in [4.69, 9.17) is 4.74 Å². The molecular weight excluding hydrogens is 220 g/mol. The Morgan fingerprint density at radius 1 is 1.41 bits per heavy atom. The lowest BCUT2D eigenvalue weighted by atomic mass is 10.0. The van der Waals surface area contributed by atoms with Crippen LogP contribution in [0, 0.1) is 0 Å².